The van der Waals surface area contributed by atoms with Gasteiger partial charge in [0.1, 0.15) is 5.69 Å². The average molecular weight is 420 g/mol. The Balaban J connectivity index is 1.89. The minimum atomic E-state index is -4.00. The van der Waals surface area contributed by atoms with Crippen molar-refractivity contribution in [2.75, 3.05) is 10.0 Å². The van der Waals surface area contributed by atoms with Crippen LogP contribution < -0.4 is 10.0 Å². The van der Waals surface area contributed by atoms with E-state index in [4.69, 9.17) is 0 Å². The van der Waals surface area contributed by atoms with Crippen LogP contribution in [0.1, 0.15) is 36.8 Å². The molecule has 0 heterocycles. The fourth-order valence-electron chi connectivity index (χ4n) is 3.56. The quantitative estimate of drug-likeness (QED) is 0.484. The van der Waals surface area contributed by atoms with Gasteiger partial charge in [0, 0.05) is 6.07 Å². The van der Waals surface area contributed by atoms with Gasteiger partial charge in [-0.3, -0.25) is 14.8 Å². The van der Waals surface area contributed by atoms with E-state index in [1.165, 1.54) is 12.1 Å². The largest absolute Gasteiger partial charge is 0.391 e. The maximum Gasteiger partial charge on any atom is 0.293 e. The zero-order chi connectivity index (χ0) is 21.2. The van der Waals surface area contributed by atoms with Gasteiger partial charge in [-0.25, -0.2) is 8.42 Å². The standard InChI is InChI=1S/C20H25N3O5S/c1-13-7-9-16(14(2)11-13)22-29(27,28)15-8-10-17(19(12-15)23(25)26)21-18-5-3-4-6-20(18)24/h7-12,18,20-22,24H,3-6H2,1-2H3/t18-,20-/m0/s1. The first-order valence-electron chi connectivity index (χ1n) is 9.50. The fraction of sp³-hybridized carbons (Fsp3) is 0.400. The summed E-state index contributed by atoms with van der Waals surface area (Å²) < 4.78 is 28.0. The van der Waals surface area contributed by atoms with Crippen LogP contribution >= 0.6 is 0 Å². The molecule has 2 aromatic carbocycles. The van der Waals surface area contributed by atoms with Gasteiger partial charge in [-0.15, -0.1) is 0 Å². The van der Waals surface area contributed by atoms with Crippen molar-refractivity contribution in [2.24, 2.45) is 0 Å². The summed E-state index contributed by atoms with van der Waals surface area (Å²) in [5.74, 6) is 0. The lowest BCUT2D eigenvalue weighted by atomic mass is 9.92. The van der Waals surface area contributed by atoms with Gasteiger partial charge in [0.25, 0.3) is 15.7 Å². The van der Waals surface area contributed by atoms with Crippen molar-refractivity contribution >= 4 is 27.1 Å². The van der Waals surface area contributed by atoms with Gasteiger partial charge in [-0.05, 0) is 50.5 Å². The van der Waals surface area contributed by atoms with Crippen molar-refractivity contribution in [2.45, 2.75) is 56.6 Å². The number of rotatable bonds is 6. The third-order valence-electron chi connectivity index (χ3n) is 5.17. The Kier molecular flexibility index (Phi) is 6.09. The van der Waals surface area contributed by atoms with Crippen LogP contribution in [0.25, 0.3) is 0 Å². The summed E-state index contributed by atoms with van der Waals surface area (Å²) >= 11 is 0. The Morgan fingerprint density at radius 1 is 1.07 bits per heavy atom. The monoisotopic (exact) mass is 419 g/mol. The average Bonchev–Trinajstić information content (AvgIpc) is 2.66. The maximum absolute atomic E-state index is 12.8. The van der Waals surface area contributed by atoms with Crippen molar-refractivity contribution in [3.63, 3.8) is 0 Å². The first-order chi connectivity index (χ1) is 13.7. The van der Waals surface area contributed by atoms with Crippen molar-refractivity contribution in [3.05, 3.63) is 57.6 Å². The molecular weight excluding hydrogens is 394 g/mol. The highest BCUT2D eigenvalue weighted by atomic mass is 32.2. The molecule has 0 radical (unpaired) electrons. The lowest BCUT2D eigenvalue weighted by Crippen LogP contribution is -2.36. The van der Waals surface area contributed by atoms with Gasteiger partial charge in [-0.2, -0.15) is 0 Å². The number of nitro groups is 1. The van der Waals surface area contributed by atoms with Crippen molar-refractivity contribution in [1.29, 1.82) is 0 Å². The molecule has 29 heavy (non-hydrogen) atoms. The van der Waals surface area contributed by atoms with Crippen LogP contribution in [0.3, 0.4) is 0 Å². The molecule has 2 atom stereocenters. The summed E-state index contributed by atoms with van der Waals surface area (Å²) in [6.07, 6.45) is 2.60. The second kappa shape index (κ2) is 8.38. The molecule has 1 aliphatic carbocycles. The van der Waals surface area contributed by atoms with E-state index in [0.29, 0.717) is 18.5 Å². The van der Waals surface area contributed by atoms with Crippen LogP contribution in [0.2, 0.25) is 0 Å². The van der Waals surface area contributed by atoms with E-state index in [1.54, 1.807) is 19.1 Å². The lowest BCUT2D eigenvalue weighted by molar-refractivity contribution is -0.384. The van der Waals surface area contributed by atoms with Crippen LogP contribution in [0.15, 0.2) is 41.3 Å². The van der Waals surface area contributed by atoms with Crippen molar-refractivity contribution in [1.82, 2.24) is 0 Å². The maximum atomic E-state index is 12.8. The first-order valence-corrected chi connectivity index (χ1v) is 11.0. The summed E-state index contributed by atoms with van der Waals surface area (Å²) in [6.45, 7) is 3.69. The number of aliphatic hydroxyl groups excluding tert-OH is 1. The van der Waals surface area contributed by atoms with Crippen LogP contribution in [-0.4, -0.2) is 30.6 Å². The summed E-state index contributed by atoms with van der Waals surface area (Å²) in [6, 6.07) is 8.77. The molecule has 3 rings (SSSR count). The number of hydrogen-bond donors (Lipinski definition) is 3. The van der Waals surface area contributed by atoms with E-state index in [-0.39, 0.29) is 22.3 Å². The molecule has 9 heteroatoms. The van der Waals surface area contributed by atoms with Crippen LogP contribution in [0.5, 0.6) is 0 Å². The normalized spacial score (nSPS) is 19.6. The number of nitro benzene ring substituents is 1. The van der Waals surface area contributed by atoms with Gasteiger partial charge in [0.05, 0.1) is 27.7 Å². The predicted octanol–water partition coefficient (Wildman–Crippen LogP) is 3.73. The summed E-state index contributed by atoms with van der Waals surface area (Å²) in [5.41, 5.74) is 2.04. The fourth-order valence-corrected chi connectivity index (χ4v) is 4.71. The lowest BCUT2D eigenvalue weighted by Gasteiger charge is -2.29. The van der Waals surface area contributed by atoms with E-state index >= 15 is 0 Å². The summed E-state index contributed by atoms with van der Waals surface area (Å²) in [4.78, 5) is 10.7. The highest BCUT2D eigenvalue weighted by Crippen LogP contribution is 2.31. The Morgan fingerprint density at radius 2 is 1.76 bits per heavy atom. The molecule has 0 amide bonds. The second-order valence-electron chi connectivity index (χ2n) is 7.46. The molecule has 0 bridgehead atoms. The summed E-state index contributed by atoms with van der Waals surface area (Å²) in [5, 5.41) is 24.7. The second-order valence-corrected chi connectivity index (χ2v) is 9.14. The molecule has 0 aromatic heterocycles. The Labute approximate surface area is 170 Å². The first kappa shape index (κ1) is 21.1. The SMILES string of the molecule is Cc1ccc(NS(=O)(=O)c2ccc(N[C@H]3CCCC[C@@H]3O)c([N+](=O)[O-])c2)c(C)c1. The molecule has 0 aliphatic heterocycles. The number of aliphatic hydroxyl groups is 1. The zero-order valence-corrected chi connectivity index (χ0v) is 17.2. The number of anilines is 2. The molecular formula is C20H25N3O5S. The van der Waals surface area contributed by atoms with Crippen LogP contribution in [-0.2, 0) is 10.0 Å². The summed E-state index contributed by atoms with van der Waals surface area (Å²) in [7, 11) is -4.00. The highest BCUT2D eigenvalue weighted by molar-refractivity contribution is 7.92. The number of nitrogens with one attached hydrogen (secondary N) is 2. The molecule has 1 aliphatic rings. The van der Waals surface area contributed by atoms with Gasteiger partial charge in [-0.1, -0.05) is 30.5 Å². The van der Waals surface area contributed by atoms with E-state index in [1.807, 2.05) is 13.0 Å². The van der Waals surface area contributed by atoms with Gasteiger partial charge in [0.15, 0.2) is 0 Å². The molecule has 3 N–H and O–H groups in total. The van der Waals surface area contributed by atoms with Crippen LogP contribution in [0.4, 0.5) is 17.1 Å². The topological polar surface area (TPSA) is 122 Å². The Morgan fingerprint density at radius 3 is 2.41 bits per heavy atom. The van der Waals surface area contributed by atoms with Crippen LogP contribution in [0, 0.1) is 24.0 Å². The third kappa shape index (κ3) is 4.86. The number of hydrogen-bond acceptors (Lipinski definition) is 6. The number of aryl methyl sites for hydroxylation is 2. The molecule has 0 spiro atoms. The molecule has 8 nitrogen and oxygen atoms in total. The predicted molar refractivity (Wildman–Crippen MR) is 112 cm³/mol. The highest BCUT2D eigenvalue weighted by Gasteiger charge is 2.27. The molecule has 0 unspecified atom stereocenters. The molecule has 156 valence electrons. The van der Waals surface area contributed by atoms with Crippen molar-refractivity contribution < 1.29 is 18.4 Å². The minimum absolute atomic E-state index is 0.195. The molecule has 1 saturated carbocycles. The van der Waals surface area contributed by atoms with Crippen molar-refractivity contribution in [3.8, 4) is 0 Å². The number of benzene rings is 2. The van der Waals surface area contributed by atoms with E-state index < -0.39 is 21.1 Å². The van der Waals surface area contributed by atoms with Gasteiger partial charge >= 0.3 is 0 Å². The zero-order valence-electron chi connectivity index (χ0n) is 16.4. The van der Waals surface area contributed by atoms with Gasteiger partial charge < -0.3 is 10.4 Å². The van der Waals surface area contributed by atoms with E-state index in [9.17, 15) is 23.6 Å². The smallest absolute Gasteiger partial charge is 0.293 e. The minimum Gasteiger partial charge on any atom is -0.391 e. The van der Waals surface area contributed by atoms with E-state index in [2.05, 4.69) is 10.0 Å². The Hall–Kier alpha value is -2.65. The third-order valence-corrected chi connectivity index (χ3v) is 6.54. The molecule has 2 aromatic rings. The molecule has 1 fully saturated rings. The Bertz CT molecular complexity index is 1020. The number of sulfonamides is 1. The van der Waals surface area contributed by atoms with Gasteiger partial charge in [0.2, 0.25) is 0 Å². The number of nitrogens with zero attached hydrogens (tertiary/aromatic N) is 1. The molecule has 0 saturated heterocycles. The van der Waals surface area contributed by atoms with E-state index in [0.717, 1.165) is 30.0 Å².